The Hall–Kier alpha value is -3.30. The van der Waals surface area contributed by atoms with Gasteiger partial charge in [-0.1, -0.05) is 37.8 Å². The summed E-state index contributed by atoms with van der Waals surface area (Å²) in [4.78, 5) is 10.7. The predicted octanol–water partition coefficient (Wildman–Crippen LogP) is 5.84. The van der Waals surface area contributed by atoms with E-state index in [1.807, 2.05) is 13.0 Å². The van der Waals surface area contributed by atoms with Crippen LogP contribution in [0.5, 0.6) is 5.75 Å². The number of unbranched alkanes of at least 4 members (excludes halogenated alkanes) is 5. The number of ether oxygens (including phenoxy) is 2. The lowest BCUT2D eigenvalue weighted by molar-refractivity contribution is 0.0697. The normalized spacial score (nSPS) is 9.88. The van der Waals surface area contributed by atoms with Gasteiger partial charge in [-0.15, -0.1) is 0 Å². The van der Waals surface area contributed by atoms with Gasteiger partial charge in [0.15, 0.2) is 0 Å². The molecule has 0 spiro atoms. The van der Waals surface area contributed by atoms with E-state index in [-0.39, 0.29) is 5.56 Å². The summed E-state index contributed by atoms with van der Waals surface area (Å²) in [5.41, 5.74) is 8.06. The number of nitriles is 1. The SMILES string of the molecule is C=C(C)COCCCCCCCCOc1ccc(C(=O)O)cc1.N#Cc1ccc(N)cc1. The second kappa shape index (κ2) is 16.4. The Morgan fingerprint density at radius 1 is 0.969 bits per heavy atom. The Balaban J connectivity index is 0.000000471. The number of carboxylic acids is 1. The second-order valence-electron chi connectivity index (χ2n) is 7.54. The fourth-order valence-corrected chi connectivity index (χ4v) is 2.70. The van der Waals surface area contributed by atoms with Crippen LogP contribution in [0.4, 0.5) is 5.69 Å². The molecule has 0 aliphatic rings. The van der Waals surface area contributed by atoms with Gasteiger partial charge in [0.25, 0.3) is 0 Å². The maximum atomic E-state index is 10.7. The van der Waals surface area contributed by atoms with Gasteiger partial charge in [0, 0.05) is 12.3 Å². The van der Waals surface area contributed by atoms with Crippen LogP contribution in [-0.4, -0.2) is 30.9 Å². The lowest BCUT2D eigenvalue weighted by atomic mass is 10.1. The summed E-state index contributed by atoms with van der Waals surface area (Å²) in [5.74, 6) is -0.189. The molecule has 0 heterocycles. The first-order chi connectivity index (χ1) is 15.4. The van der Waals surface area contributed by atoms with Crippen molar-refractivity contribution >= 4 is 11.7 Å². The zero-order chi connectivity index (χ0) is 23.6. The van der Waals surface area contributed by atoms with E-state index >= 15 is 0 Å². The lowest BCUT2D eigenvalue weighted by Crippen LogP contribution is -1.99. The van der Waals surface area contributed by atoms with Crippen LogP contribution in [0, 0.1) is 11.3 Å². The van der Waals surface area contributed by atoms with Gasteiger partial charge >= 0.3 is 5.97 Å². The molecule has 0 saturated carbocycles. The molecule has 2 aromatic rings. The third kappa shape index (κ3) is 13.1. The Kier molecular flexibility index (Phi) is 13.7. The number of benzene rings is 2. The van der Waals surface area contributed by atoms with E-state index in [1.54, 1.807) is 48.5 Å². The third-order valence-electron chi connectivity index (χ3n) is 4.44. The number of rotatable bonds is 13. The Morgan fingerprint density at radius 2 is 1.53 bits per heavy atom. The molecule has 0 fully saturated rings. The molecule has 32 heavy (non-hydrogen) atoms. The van der Waals surface area contributed by atoms with E-state index in [9.17, 15) is 4.79 Å². The number of nitrogens with two attached hydrogens (primary N) is 1. The summed E-state index contributed by atoms with van der Waals surface area (Å²) in [6.07, 6.45) is 6.92. The molecule has 3 N–H and O–H groups in total. The minimum absolute atomic E-state index is 0.282. The quantitative estimate of drug-likeness (QED) is 0.231. The Bertz CT molecular complexity index is 840. The number of carbonyl (C=O) groups is 1. The second-order valence-corrected chi connectivity index (χ2v) is 7.54. The summed E-state index contributed by atoms with van der Waals surface area (Å²) in [6, 6.07) is 15.3. The molecule has 2 aromatic carbocycles. The average molecular weight is 439 g/mol. The standard InChI is InChI=1S/C19H28O4.C7H6N2/c1-16(2)15-22-13-7-5-3-4-6-8-14-23-18-11-9-17(10-12-18)19(20)21;8-5-6-1-3-7(9)4-2-6/h9-12H,1,3-8,13-15H2,2H3,(H,20,21);1-4H,9H2. The van der Waals surface area contributed by atoms with Gasteiger partial charge in [-0.3, -0.25) is 0 Å². The van der Waals surface area contributed by atoms with Crippen molar-refractivity contribution < 1.29 is 19.4 Å². The van der Waals surface area contributed by atoms with Gasteiger partial charge in [-0.25, -0.2) is 4.79 Å². The molecule has 0 aliphatic carbocycles. The van der Waals surface area contributed by atoms with Crippen LogP contribution < -0.4 is 10.5 Å². The molecule has 6 nitrogen and oxygen atoms in total. The predicted molar refractivity (Wildman–Crippen MR) is 128 cm³/mol. The van der Waals surface area contributed by atoms with Crippen molar-refractivity contribution in [3.8, 4) is 11.8 Å². The fraction of sp³-hybridized carbons (Fsp3) is 0.385. The number of nitrogens with zero attached hydrogens (tertiary/aromatic N) is 1. The van der Waals surface area contributed by atoms with Crippen LogP contribution in [0.1, 0.15) is 61.4 Å². The van der Waals surface area contributed by atoms with Crippen LogP contribution in [-0.2, 0) is 4.74 Å². The van der Waals surface area contributed by atoms with Crippen LogP contribution in [0.2, 0.25) is 0 Å². The lowest BCUT2D eigenvalue weighted by Gasteiger charge is -2.06. The molecule has 0 amide bonds. The van der Waals surface area contributed by atoms with Crippen LogP contribution in [0.25, 0.3) is 0 Å². The molecule has 0 bridgehead atoms. The summed E-state index contributed by atoms with van der Waals surface area (Å²) >= 11 is 0. The first-order valence-corrected chi connectivity index (χ1v) is 10.9. The number of hydrogen-bond donors (Lipinski definition) is 2. The zero-order valence-electron chi connectivity index (χ0n) is 18.9. The minimum atomic E-state index is -0.915. The van der Waals surface area contributed by atoms with E-state index in [4.69, 9.17) is 25.6 Å². The van der Waals surface area contributed by atoms with Crippen molar-refractivity contribution in [1.29, 1.82) is 5.26 Å². The average Bonchev–Trinajstić information content (AvgIpc) is 2.78. The molecule has 0 atom stereocenters. The Labute approximate surface area is 191 Å². The molecule has 0 aromatic heterocycles. The summed E-state index contributed by atoms with van der Waals surface area (Å²) < 4.78 is 11.1. The maximum Gasteiger partial charge on any atom is 0.335 e. The van der Waals surface area contributed by atoms with Crippen molar-refractivity contribution in [3.63, 3.8) is 0 Å². The number of carboxylic acid groups (broad SMARTS) is 1. The first kappa shape index (κ1) is 26.7. The van der Waals surface area contributed by atoms with Gasteiger partial charge < -0.3 is 20.3 Å². The molecular weight excluding hydrogens is 404 g/mol. The highest BCUT2D eigenvalue weighted by Crippen LogP contribution is 2.13. The van der Waals surface area contributed by atoms with Gasteiger partial charge in [-0.05, 0) is 68.3 Å². The smallest absolute Gasteiger partial charge is 0.335 e. The van der Waals surface area contributed by atoms with Gasteiger partial charge in [0.1, 0.15) is 5.75 Å². The van der Waals surface area contributed by atoms with Crippen molar-refractivity contribution in [2.24, 2.45) is 0 Å². The fourth-order valence-electron chi connectivity index (χ4n) is 2.70. The van der Waals surface area contributed by atoms with E-state index < -0.39 is 5.97 Å². The largest absolute Gasteiger partial charge is 0.494 e. The monoisotopic (exact) mass is 438 g/mol. The summed E-state index contributed by atoms with van der Waals surface area (Å²) in [6.45, 7) is 7.94. The van der Waals surface area contributed by atoms with Crippen LogP contribution in [0.15, 0.2) is 60.7 Å². The highest BCUT2D eigenvalue weighted by Gasteiger charge is 2.02. The summed E-state index contributed by atoms with van der Waals surface area (Å²) in [7, 11) is 0. The minimum Gasteiger partial charge on any atom is -0.494 e. The van der Waals surface area contributed by atoms with Crippen molar-refractivity contribution in [2.45, 2.75) is 45.4 Å². The zero-order valence-corrected chi connectivity index (χ0v) is 18.9. The number of aromatic carboxylic acids is 1. The van der Waals surface area contributed by atoms with Gasteiger partial charge in [0.05, 0.1) is 30.4 Å². The van der Waals surface area contributed by atoms with Gasteiger partial charge in [0.2, 0.25) is 0 Å². The topological polar surface area (TPSA) is 106 Å². The van der Waals surface area contributed by atoms with Crippen LogP contribution in [0.3, 0.4) is 0 Å². The number of nitrogen functional groups attached to an aromatic ring is 1. The first-order valence-electron chi connectivity index (χ1n) is 10.9. The van der Waals surface area contributed by atoms with Crippen molar-refractivity contribution in [1.82, 2.24) is 0 Å². The highest BCUT2D eigenvalue weighted by molar-refractivity contribution is 5.87. The molecule has 0 unspecified atom stereocenters. The van der Waals surface area contributed by atoms with Crippen LogP contribution >= 0.6 is 0 Å². The van der Waals surface area contributed by atoms with E-state index in [1.165, 1.54) is 19.3 Å². The van der Waals surface area contributed by atoms with Crippen molar-refractivity contribution in [3.05, 3.63) is 71.8 Å². The number of anilines is 1. The third-order valence-corrected chi connectivity index (χ3v) is 4.44. The van der Waals surface area contributed by atoms with Crippen molar-refractivity contribution in [2.75, 3.05) is 25.6 Å². The Morgan fingerprint density at radius 3 is 2.06 bits per heavy atom. The molecule has 2 rings (SSSR count). The summed E-state index contributed by atoms with van der Waals surface area (Å²) in [5, 5.41) is 17.1. The molecule has 0 radical (unpaired) electrons. The van der Waals surface area contributed by atoms with Gasteiger partial charge in [-0.2, -0.15) is 5.26 Å². The molecule has 0 aliphatic heterocycles. The highest BCUT2D eigenvalue weighted by atomic mass is 16.5. The van der Waals surface area contributed by atoms with E-state index in [2.05, 4.69) is 6.58 Å². The van der Waals surface area contributed by atoms with E-state index in [0.29, 0.717) is 24.5 Å². The number of hydrogen-bond acceptors (Lipinski definition) is 5. The molecular formula is C26H34N2O4. The van der Waals surface area contributed by atoms with E-state index in [0.717, 1.165) is 37.2 Å². The molecule has 6 heteroatoms. The molecule has 172 valence electrons. The maximum absolute atomic E-state index is 10.7. The molecule has 0 saturated heterocycles.